The second kappa shape index (κ2) is 4.78. The zero-order chi connectivity index (χ0) is 15.0. The van der Waals surface area contributed by atoms with Crippen LogP contribution < -0.4 is 0 Å². The molecule has 21 heavy (non-hydrogen) atoms. The average Bonchev–Trinajstić information content (AvgIpc) is 3.07. The van der Waals surface area contributed by atoms with Crippen LogP contribution in [0.4, 0.5) is 0 Å². The van der Waals surface area contributed by atoms with E-state index in [1.807, 2.05) is 0 Å². The number of furan rings is 1. The number of hydrogen-bond donors (Lipinski definition) is 2. The van der Waals surface area contributed by atoms with Gasteiger partial charge in [0.1, 0.15) is 11.6 Å². The van der Waals surface area contributed by atoms with Gasteiger partial charge in [0.2, 0.25) is 0 Å². The third kappa shape index (κ3) is 2.14. The molecule has 2 N–H and O–H groups in total. The van der Waals surface area contributed by atoms with Crippen LogP contribution in [-0.2, 0) is 6.42 Å². The highest BCUT2D eigenvalue weighted by Crippen LogP contribution is 2.20. The Morgan fingerprint density at radius 2 is 2.00 bits per heavy atom. The van der Waals surface area contributed by atoms with Gasteiger partial charge in [0.25, 0.3) is 0 Å². The molecule has 0 atom stereocenters. The minimum atomic E-state index is -1.27. The molecule has 0 saturated carbocycles. The molecule has 0 radical (unpaired) electrons. The fourth-order valence-electron chi connectivity index (χ4n) is 2.22. The van der Waals surface area contributed by atoms with Crippen molar-refractivity contribution < 1.29 is 24.2 Å². The maximum atomic E-state index is 11.3. The zero-order valence-corrected chi connectivity index (χ0v) is 10.7. The van der Waals surface area contributed by atoms with E-state index < -0.39 is 11.9 Å². The Kier molecular flexibility index (Phi) is 2.94. The summed E-state index contributed by atoms with van der Waals surface area (Å²) in [6.45, 7) is 0. The van der Waals surface area contributed by atoms with Gasteiger partial charge in [0.15, 0.2) is 5.69 Å². The fourth-order valence-corrected chi connectivity index (χ4v) is 2.22. The van der Waals surface area contributed by atoms with Crippen LogP contribution in [0.1, 0.15) is 32.4 Å². The number of carboxylic acids is 2. The van der Waals surface area contributed by atoms with Gasteiger partial charge in [-0.1, -0.05) is 0 Å². The van der Waals surface area contributed by atoms with E-state index in [2.05, 4.69) is 4.98 Å². The molecule has 0 bridgehead atoms. The topological polar surface area (TPSA) is 105 Å². The van der Waals surface area contributed by atoms with Crippen molar-refractivity contribution in [1.82, 2.24) is 9.38 Å². The third-order valence-electron chi connectivity index (χ3n) is 3.08. The number of carboxylic acid groups (broad SMARTS) is 2. The number of pyridine rings is 1. The number of fused-ring (bicyclic) bond motifs is 1. The van der Waals surface area contributed by atoms with Crippen LogP contribution in [0.15, 0.2) is 41.1 Å². The number of aromatic nitrogens is 2. The van der Waals surface area contributed by atoms with Gasteiger partial charge in [-0.25, -0.2) is 14.6 Å². The van der Waals surface area contributed by atoms with Crippen LogP contribution in [0.25, 0.3) is 5.52 Å². The highest BCUT2D eigenvalue weighted by Gasteiger charge is 2.22. The zero-order valence-electron chi connectivity index (χ0n) is 10.7. The monoisotopic (exact) mass is 286 g/mol. The first-order chi connectivity index (χ1) is 10.1. The molecule has 7 nitrogen and oxygen atoms in total. The summed E-state index contributed by atoms with van der Waals surface area (Å²) in [5.41, 5.74) is -0.318. The van der Waals surface area contributed by atoms with E-state index in [1.54, 1.807) is 18.3 Å². The van der Waals surface area contributed by atoms with E-state index >= 15 is 0 Å². The summed E-state index contributed by atoms with van der Waals surface area (Å²) in [6.07, 6.45) is 3.36. The molecule has 0 aliphatic heterocycles. The molecule has 0 aliphatic rings. The van der Waals surface area contributed by atoms with Gasteiger partial charge in [-0.15, -0.1) is 0 Å². The van der Waals surface area contributed by atoms with Crippen molar-refractivity contribution in [2.75, 3.05) is 0 Å². The molecule has 3 aromatic heterocycles. The molecular formula is C14H10N2O5. The van der Waals surface area contributed by atoms with Crippen molar-refractivity contribution in [1.29, 1.82) is 0 Å². The van der Waals surface area contributed by atoms with E-state index in [-0.39, 0.29) is 23.2 Å². The molecule has 0 unspecified atom stereocenters. The second-order valence-corrected chi connectivity index (χ2v) is 4.38. The highest BCUT2D eigenvalue weighted by atomic mass is 16.4. The Hall–Kier alpha value is -3.09. The lowest BCUT2D eigenvalue weighted by molar-refractivity contribution is 0.0691. The Balaban J connectivity index is 2.25. The lowest BCUT2D eigenvalue weighted by Gasteiger charge is -2.02. The van der Waals surface area contributed by atoms with Crippen molar-refractivity contribution in [2.45, 2.75) is 6.42 Å². The van der Waals surface area contributed by atoms with Crippen molar-refractivity contribution in [3.05, 3.63) is 59.6 Å². The maximum absolute atomic E-state index is 11.3. The van der Waals surface area contributed by atoms with Gasteiger partial charge in [0.05, 0.1) is 23.8 Å². The first-order valence-corrected chi connectivity index (χ1v) is 6.07. The Bertz CT molecular complexity index is 833. The Morgan fingerprint density at radius 3 is 2.62 bits per heavy atom. The minimum Gasteiger partial charge on any atom is -0.478 e. The maximum Gasteiger partial charge on any atom is 0.356 e. The van der Waals surface area contributed by atoms with Crippen LogP contribution >= 0.6 is 0 Å². The minimum absolute atomic E-state index is 0.0686. The van der Waals surface area contributed by atoms with Gasteiger partial charge in [-0.2, -0.15) is 0 Å². The molecule has 0 amide bonds. The van der Waals surface area contributed by atoms with Crippen LogP contribution in [0.5, 0.6) is 0 Å². The predicted octanol–water partition coefficient (Wildman–Crippen LogP) is 1.91. The van der Waals surface area contributed by atoms with Crippen molar-refractivity contribution in [2.24, 2.45) is 0 Å². The summed E-state index contributed by atoms with van der Waals surface area (Å²) in [7, 11) is 0. The molecule has 0 fully saturated rings. The molecule has 0 saturated heterocycles. The summed E-state index contributed by atoms with van der Waals surface area (Å²) >= 11 is 0. The smallest absolute Gasteiger partial charge is 0.356 e. The van der Waals surface area contributed by atoms with Crippen molar-refractivity contribution in [3.8, 4) is 0 Å². The molecule has 3 rings (SSSR count). The number of imidazole rings is 1. The van der Waals surface area contributed by atoms with Crippen molar-refractivity contribution in [3.63, 3.8) is 0 Å². The molecule has 0 spiro atoms. The molecule has 0 aliphatic carbocycles. The summed E-state index contributed by atoms with van der Waals surface area (Å²) in [6, 6.07) is 6.34. The average molecular weight is 286 g/mol. The second-order valence-electron chi connectivity index (χ2n) is 4.38. The van der Waals surface area contributed by atoms with Gasteiger partial charge in [-0.3, -0.25) is 0 Å². The number of hydrogen-bond acceptors (Lipinski definition) is 4. The summed E-state index contributed by atoms with van der Waals surface area (Å²) in [4.78, 5) is 26.6. The fraction of sp³-hybridized carbons (Fsp3) is 0.0714. The highest BCUT2D eigenvalue weighted by molar-refractivity contribution is 6.03. The predicted molar refractivity (Wildman–Crippen MR) is 70.6 cm³/mol. The standard InChI is InChI=1S/C14H10N2O5/c17-13(18)9-4-1-5-16-10(7-8-3-2-6-21-8)15-11(12(9)16)14(19)20/h1-6H,7H2,(H,17,18)(H,19,20). The van der Waals surface area contributed by atoms with Crippen LogP contribution in [0.2, 0.25) is 0 Å². The molecule has 0 aromatic carbocycles. The van der Waals surface area contributed by atoms with E-state index in [0.717, 1.165) is 0 Å². The first-order valence-electron chi connectivity index (χ1n) is 6.07. The van der Waals surface area contributed by atoms with Gasteiger partial charge >= 0.3 is 11.9 Å². The molecule has 106 valence electrons. The van der Waals surface area contributed by atoms with Crippen molar-refractivity contribution >= 4 is 17.5 Å². The lowest BCUT2D eigenvalue weighted by atomic mass is 10.2. The largest absolute Gasteiger partial charge is 0.478 e. The SMILES string of the molecule is O=C(O)c1cccn2c(Cc3ccco3)nc(C(=O)O)c12. The normalized spacial score (nSPS) is 10.9. The first kappa shape index (κ1) is 12.9. The van der Waals surface area contributed by atoms with E-state index in [9.17, 15) is 19.8 Å². The van der Waals surface area contributed by atoms with Gasteiger partial charge < -0.3 is 19.0 Å². The quantitative estimate of drug-likeness (QED) is 0.759. The van der Waals surface area contributed by atoms with Crippen LogP contribution in [0.3, 0.4) is 0 Å². The van der Waals surface area contributed by atoms with E-state index in [4.69, 9.17) is 4.42 Å². The third-order valence-corrected chi connectivity index (χ3v) is 3.08. The summed E-state index contributed by atoms with van der Waals surface area (Å²) in [5.74, 6) is -1.46. The number of aromatic carboxylic acids is 2. The number of carbonyl (C=O) groups is 2. The van der Waals surface area contributed by atoms with Gasteiger partial charge in [0, 0.05) is 6.20 Å². The van der Waals surface area contributed by atoms with E-state index in [1.165, 1.54) is 22.8 Å². The molecule has 3 aromatic rings. The lowest BCUT2D eigenvalue weighted by Crippen LogP contribution is -2.04. The molecule has 7 heteroatoms. The van der Waals surface area contributed by atoms with Crippen LogP contribution in [-0.4, -0.2) is 31.5 Å². The van der Waals surface area contributed by atoms with E-state index in [0.29, 0.717) is 11.6 Å². The molecule has 3 heterocycles. The van der Waals surface area contributed by atoms with Crippen LogP contribution in [0, 0.1) is 0 Å². The number of rotatable bonds is 4. The number of nitrogens with zero attached hydrogens (tertiary/aromatic N) is 2. The Labute approximate surface area is 118 Å². The summed E-state index contributed by atoms with van der Waals surface area (Å²) in [5, 5.41) is 18.4. The summed E-state index contributed by atoms with van der Waals surface area (Å²) < 4.78 is 6.68. The Morgan fingerprint density at radius 1 is 1.19 bits per heavy atom. The molecular weight excluding hydrogens is 276 g/mol. The van der Waals surface area contributed by atoms with Gasteiger partial charge in [-0.05, 0) is 24.3 Å².